The number of hydrogen-bond donors (Lipinski definition) is 0. The number of aryl methyl sites for hydroxylation is 1. The first kappa shape index (κ1) is 16.4. The average molecular weight is 347 g/mol. The van der Waals surface area contributed by atoms with Crippen LogP contribution >= 0.6 is 0 Å². The second kappa shape index (κ2) is 7.07. The number of tetrazole rings is 1. The number of rotatable bonds is 3. The van der Waals surface area contributed by atoms with Gasteiger partial charge >= 0.3 is 0 Å². The molecule has 6 nitrogen and oxygen atoms in total. The van der Waals surface area contributed by atoms with Gasteiger partial charge in [0.1, 0.15) is 0 Å². The van der Waals surface area contributed by atoms with Crippen molar-refractivity contribution in [3.63, 3.8) is 0 Å². The number of nitrogens with zero attached hydrogens (tertiary/aromatic N) is 5. The SMILES string of the molecule is Cc1nnnn1-c1ccc(C(=O)N2CCC(c3ccccc3)CC2)cc1. The van der Waals surface area contributed by atoms with Gasteiger partial charge in [-0.05, 0) is 65.9 Å². The number of hydrogen-bond acceptors (Lipinski definition) is 4. The molecule has 1 aromatic heterocycles. The summed E-state index contributed by atoms with van der Waals surface area (Å²) in [5, 5.41) is 11.5. The van der Waals surface area contributed by atoms with Crippen molar-refractivity contribution in [3.05, 3.63) is 71.5 Å². The summed E-state index contributed by atoms with van der Waals surface area (Å²) in [6, 6.07) is 18.0. The molecule has 132 valence electrons. The molecular weight excluding hydrogens is 326 g/mol. The zero-order chi connectivity index (χ0) is 17.9. The van der Waals surface area contributed by atoms with Crippen LogP contribution in [0.2, 0.25) is 0 Å². The fourth-order valence-corrected chi connectivity index (χ4v) is 3.54. The van der Waals surface area contributed by atoms with E-state index in [9.17, 15) is 4.79 Å². The van der Waals surface area contributed by atoms with Crippen LogP contribution in [-0.2, 0) is 0 Å². The standard InChI is InChI=1S/C20H21N5O/c1-15-21-22-23-25(15)19-9-7-18(8-10-19)20(26)24-13-11-17(12-14-24)16-5-3-2-4-6-16/h2-10,17H,11-14H2,1H3. The van der Waals surface area contributed by atoms with Crippen molar-refractivity contribution < 1.29 is 4.79 Å². The molecule has 0 unspecified atom stereocenters. The quantitative estimate of drug-likeness (QED) is 0.731. The van der Waals surface area contributed by atoms with E-state index in [2.05, 4.69) is 39.8 Å². The van der Waals surface area contributed by atoms with Crippen molar-refractivity contribution in [2.24, 2.45) is 0 Å². The van der Waals surface area contributed by atoms with E-state index in [1.807, 2.05) is 42.2 Å². The summed E-state index contributed by atoms with van der Waals surface area (Å²) in [7, 11) is 0. The van der Waals surface area contributed by atoms with Gasteiger partial charge in [0.15, 0.2) is 5.82 Å². The van der Waals surface area contributed by atoms with E-state index in [0.717, 1.165) is 31.6 Å². The van der Waals surface area contributed by atoms with E-state index in [1.54, 1.807) is 4.68 Å². The predicted molar refractivity (Wildman–Crippen MR) is 98.2 cm³/mol. The summed E-state index contributed by atoms with van der Waals surface area (Å²) >= 11 is 0. The highest BCUT2D eigenvalue weighted by Gasteiger charge is 2.24. The maximum atomic E-state index is 12.8. The summed E-state index contributed by atoms with van der Waals surface area (Å²) < 4.78 is 1.65. The van der Waals surface area contributed by atoms with Gasteiger partial charge in [0, 0.05) is 18.7 Å². The van der Waals surface area contributed by atoms with E-state index >= 15 is 0 Å². The Hall–Kier alpha value is -3.02. The molecule has 0 spiro atoms. The van der Waals surface area contributed by atoms with Crippen LogP contribution in [0, 0.1) is 6.92 Å². The lowest BCUT2D eigenvalue weighted by Crippen LogP contribution is -2.37. The molecule has 1 saturated heterocycles. The number of aromatic nitrogens is 4. The Bertz CT molecular complexity index is 880. The van der Waals surface area contributed by atoms with Crippen LogP contribution in [0.1, 0.15) is 40.5 Å². The molecule has 0 N–H and O–H groups in total. The number of amides is 1. The average Bonchev–Trinajstić information content (AvgIpc) is 3.14. The monoisotopic (exact) mass is 347 g/mol. The molecule has 6 heteroatoms. The molecule has 0 atom stereocenters. The third-order valence-electron chi connectivity index (χ3n) is 5.04. The van der Waals surface area contributed by atoms with Gasteiger partial charge in [-0.3, -0.25) is 4.79 Å². The van der Waals surface area contributed by atoms with Crippen molar-refractivity contribution >= 4 is 5.91 Å². The maximum Gasteiger partial charge on any atom is 0.253 e. The van der Waals surface area contributed by atoms with Crippen LogP contribution < -0.4 is 0 Å². The lowest BCUT2D eigenvalue weighted by atomic mass is 9.89. The summed E-state index contributed by atoms with van der Waals surface area (Å²) in [5.41, 5.74) is 2.94. The summed E-state index contributed by atoms with van der Waals surface area (Å²) in [6.07, 6.45) is 2.02. The Morgan fingerprint density at radius 2 is 1.69 bits per heavy atom. The molecule has 4 rings (SSSR count). The second-order valence-corrected chi connectivity index (χ2v) is 6.66. The fraction of sp³-hybridized carbons (Fsp3) is 0.300. The number of benzene rings is 2. The number of piperidine rings is 1. The molecule has 3 aromatic rings. The smallest absolute Gasteiger partial charge is 0.253 e. The normalized spacial score (nSPS) is 15.2. The van der Waals surface area contributed by atoms with Crippen molar-refractivity contribution in [1.82, 2.24) is 25.1 Å². The summed E-state index contributed by atoms with van der Waals surface area (Å²) in [6.45, 7) is 3.44. The van der Waals surface area contributed by atoms with Crippen molar-refractivity contribution in [2.45, 2.75) is 25.7 Å². The van der Waals surface area contributed by atoms with Gasteiger partial charge < -0.3 is 4.90 Å². The van der Waals surface area contributed by atoms with Gasteiger partial charge in [0.2, 0.25) is 0 Å². The molecular formula is C20H21N5O. The minimum atomic E-state index is 0.0940. The Morgan fingerprint density at radius 1 is 1.00 bits per heavy atom. The van der Waals surface area contributed by atoms with Crippen molar-refractivity contribution in [1.29, 1.82) is 0 Å². The predicted octanol–water partition coefficient (Wildman–Crippen LogP) is 2.99. The van der Waals surface area contributed by atoms with Gasteiger partial charge in [0.25, 0.3) is 5.91 Å². The van der Waals surface area contributed by atoms with Crippen LogP contribution in [0.25, 0.3) is 5.69 Å². The molecule has 0 saturated carbocycles. The summed E-state index contributed by atoms with van der Waals surface area (Å²) in [4.78, 5) is 14.7. The highest BCUT2D eigenvalue weighted by molar-refractivity contribution is 5.94. The van der Waals surface area contributed by atoms with Gasteiger partial charge in [0.05, 0.1) is 5.69 Å². The molecule has 2 aromatic carbocycles. The van der Waals surface area contributed by atoms with Crippen LogP contribution in [0.4, 0.5) is 0 Å². The Labute approximate surface area is 152 Å². The van der Waals surface area contributed by atoms with Crippen molar-refractivity contribution in [3.8, 4) is 5.69 Å². The number of carbonyl (C=O) groups excluding carboxylic acids is 1. The second-order valence-electron chi connectivity index (χ2n) is 6.66. The van der Waals surface area contributed by atoms with Gasteiger partial charge in [-0.25, -0.2) is 0 Å². The molecule has 1 fully saturated rings. The molecule has 1 amide bonds. The third-order valence-corrected chi connectivity index (χ3v) is 5.04. The minimum absolute atomic E-state index is 0.0940. The van der Waals surface area contributed by atoms with Crippen LogP contribution in [0.15, 0.2) is 54.6 Å². The zero-order valence-electron chi connectivity index (χ0n) is 14.7. The van der Waals surface area contributed by atoms with E-state index in [0.29, 0.717) is 17.3 Å². The van der Waals surface area contributed by atoms with Crippen LogP contribution in [0.5, 0.6) is 0 Å². The van der Waals surface area contributed by atoms with Gasteiger partial charge in [-0.2, -0.15) is 4.68 Å². The first-order chi connectivity index (χ1) is 12.7. The molecule has 0 aliphatic carbocycles. The van der Waals surface area contributed by atoms with Crippen LogP contribution in [0.3, 0.4) is 0 Å². The molecule has 26 heavy (non-hydrogen) atoms. The van der Waals surface area contributed by atoms with E-state index < -0.39 is 0 Å². The zero-order valence-corrected chi connectivity index (χ0v) is 14.7. The van der Waals surface area contributed by atoms with E-state index in [-0.39, 0.29) is 5.91 Å². The molecule has 1 aliphatic rings. The largest absolute Gasteiger partial charge is 0.339 e. The Morgan fingerprint density at radius 3 is 2.31 bits per heavy atom. The van der Waals surface area contributed by atoms with Crippen molar-refractivity contribution in [2.75, 3.05) is 13.1 Å². The molecule has 1 aliphatic heterocycles. The minimum Gasteiger partial charge on any atom is -0.339 e. The highest BCUT2D eigenvalue weighted by Crippen LogP contribution is 2.28. The maximum absolute atomic E-state index is 12.8. The van der Waals surface area contributed by atoms with Gasteiger partial charge in [-0.1, -0.05) is 30.3 Å². The number of likely N-dealkylation sites (tertiary alicyclic amines) is 1. The lowest BCUT2D eigenvalue weighted by Gasteiger charge is -2.32. The molecule has 0 radical (unpaired) electrons. The molecule has 2 heterocycles. The first-order valence-corrected chi connectivity index (χ1v) is 8.92. The van der Waals surface area contributed by atoms with Crippen LogP contribution in [-0.4, -0.2) is 44.1 Å². The highest BCUT2D eigenvalue weighted by atomic mass is 16.2. The third kappa shape index (κ3) is 3.22. The fourth-order valence-electron chi connectivity index (χ4n) is 3.54. The molecule has 0 bridgehead atoms. The van der Waals surface area contributed by atoms with Gasteiger partial charge in [-0.15, -0.1) is 5.10 Å². The Kier molecular flexibility index (Phi) is 4.48. The van der Waals surface area contributed by atoms with E-state index in [1.165, 1.54) is 5.56 Å². The summed E-state index contributed by atoms with van der Waals surface area (Å²) in [5.74, 6) is 1.36. The lowest BCUT2D eigenvalue weighted by molar-refractivity contribution is 0.0713. The first-order valence-electron chi connectivity index (χ1n) is 8.92. The topological polar surface area (TPSA) is 63.9 Å². The van der Waals surface area contributed by atoms with E-state index in [4.69, 9.17) is 0 Å². The Balaban J connectivity index is 1.41. The number of carbonyl (C=O) groups is 1.